The summed E-state index contributed by atoms with van der Waals surface area (Å²) < 4.78 is 31.8. The maximum atomic E-state index is 12.7. The third-order valence-corrected chi connectivity index (χ3v) is 7.53. The smallest absolute Gasteiger partial charge is 0.330 e. The van der Waals surface area contributed by atoms with Gasteiger partial charge in [-0.15, -0.1) is 11.3 Å². The molecule has 140 valence electrons. The number of ether oxygens (including phenoxy) is 1. The van der Waals surface area contributed by atoms with E-state index < -0.39 is 27.4 Å². The lowest BCUT2D eigenvalue weighted by Gasteiger charge is -2.33. The Morgan fingerprint density at radius 2 is 2.04 bits per heavy atom. The predicted molar refractivity (Wildman–Crippen MR) is 94.8 cm³/mol. The molecule has 1 aromatic heterocycles. The van der Waals surface area contributed by atoms with Crippen LogP contribution in [0.1, 0.15) is 31.6 Å². The van der Waals surface area contributed by atoms with Gasteiger partial charge in [0.05, 0.1) is 13.0 Å². The van der Waals surface area contributed by atoms with Crippen molar-refractivity contribution in [2.45, 2.75) is 43.4 Å². The van der Waals surface area contributed by atoms with Crippen molar-refractivity contribution in [2.24, 2.45) is 5.92 Å². The van der Waals surface area contributed by atoms with E-state index in [0.717, 1.165) is 4.88 Å². The molecule has 1 aliphatic rings. The molecule has 25 heavy (non-hydrogen) atoms. The van der Waals surface area contributed by atoms with Gasteiger partial charge in [0.15, 0.2) is 0 Å². The van der Waals surface area contributed by atoms with Gasteiger partial charge in [0, 0.05) is 18.0 Å². The van der Waals surface area contributed by atoms with Crippen LogP contribution < -0.4 is 5.32 Å². The highest BCUT2D eigenvalue weighted by atomic mass is 32.2. The maximum absolute atomic E-state index is 12.7. The summed E-state index contributed by atoms with van der Waals surface area (Å²) in [6.45, 7) is 5.47. The summed E-state index contributed by atoms with van der Waals surface area (Å²) in [6.07, 6.45) is 1.18. The van der Waals surface area contributed by atoms with Gasteiger partial charge in [-0.3, -0.25) is 4.79 Å². The van der Waals surface area contributed by atoms with Crippen molar-refractivity contribution in [1.82, 2.24) is 9.62 Å². The molecule has 0 aromatic carbocycles. The fraction of sp³-hybridized carbons (Fsp3) is 0.625. The number of rotatable bonds is 5. The summed E-state index contributed by atoms with van der Waals surface area (Å²) in [5.41, 5.74) is -1.15. The lowest BCUT2D eigenvalue weighted by atomic mass is 9.96. The van der Waals surface area contributed by atoms with Crippen molar-refractivity contribution in [3.05, 3.63) is 17.0 Å². The summed E-state index contributed by atoms with van der Waals surface area (Å²) in [4.78, 5) is 25.2. The number of amides is 1. The lowest BCUT2D eigenvalue weighted by molar-refractivity contribution is -0.150. The van der Waals surface area contributed by atoms with Crippen molar-refractivity contribution in [3.8, 4) is 0 Å². The van der Waals surface area contributed by atoms with Crippen LogP contribution in [0, 0.1) is 12.8 Å². The van der Waals surface area contributed by atoms with E-state index in [1.165, 1.54) is 22.8 Å². The van der Waals surface area contributed by atoms with Crippen molar-refractivity contribution >= 4 is 33.2 Å². The Hall–Kier alpha value is -1.45. The van der Waals surface area contributed by atoms with Crippen LogP contribution in [0.25, 0.3) is 0 Å². The van der Waals surface area contributed by atoms with E-state index in [4.69, 9.17) is 0 Å². The highest BCUT2D eigenvalue weighted by molar-refractivity contribution is 7.91. The molecule has 1 aromatic rings. The zero-order valence-corrected chi connectivity index (χ0v) is 16.5. The second kappa shape index (κ2) is 7.43. The number of nitrogens with one attached hydrogen (secondary N) is 1. The van der Waals surface area contributed by atoms with Crippen LogP contribution in [0.5, 0.6) is 0 Å². The van der Waals surface area contributed by atoms with E-state index >= 15 is 0 Å². The topological polar surface area (TPSA) is 92.8 Å². The molecule has 2 rings (SSSR count). The summed E-state index contributed by atoms with van der Waals surface area (Å²) in [5, 5.41) is 2.66. The Kier molecular flexibility index (Phi) is 5.90. The number of esters is 1. The van der Waals surface area contributed by atoms with Gasteiger partial charge in [-0.25, -0.2) is 13.2 Å². The van der Waals surface area contributed by atoms with Gasteiger partial charge in [-0.1, -0.05) is 0 Å². The number of nitrogens with zero attached hydrogens (tertiary/aromatic N) is 1. The lowest BCUT2D eigenvalue weighted by Crippen LogP contribution is -2.54. The van der Waals surface area contributed by atoms with E-state index in [1.807, 2.05) is 6.92 Å². The zero-order chi connectivity index (χ0) is 18.8. The second-order valence-corrected chi connectivity index (χ2v) is 10.1. The SMILES string of the molecule is COC(=O)C(C)(C)NC(=O)C1CCCN(S(=O)(=O)c2ccc(C)s2)C1. The molecule has 1 unspecified atom stereocenters. The molecule has 1 amide bonds. The first-order valence-corrected chi connectivity index (χ1v) is 10.3. The standard InChI is InChI=1S/C16H24N2O5S2/c1-11-7-8-13(24-11)25(21,22)18-9-5-6-12(10-18)14(19)17-16(2,3)15(20)23-4/h7-8,12H,5-6,9-10H2,1-4H3,(H,17,19). The van der Waals surface area contributed by atoms with Crippen LogP contribution in [-0.4, -0.2) is 50.3 Å². The van der Waals surface area contributed by atoms with Crippen molar-refractivity contribution in [3.63, 3.8) is 0 Å². The third-order valence-electron chi connectivity index (χ3n) is 4.20. The molecular weight excluding hydrogens is 364 g/mol. The summed E-state index contributed by atoms with van der Waals surface area (Å²) in [5.74, 6) is -1.37. The van der Waals surface area contributed by atoms with E-state index in [0.29, 0.717) is 23.6 Å². The van der Waals surface area contributed by atoms with Crippen LogP contribution in [0.15, 0.2) is 16.3 Å². The molecule has 0 saturated carbocycles. The molecular formula is C16H24N2O5S2. The molecule has 1 saturated heterocycles. The Labute approximate surface area is 152 Å². The fourth-order valence-electron chi connectivity index (χ4n) is 2.77. The molecule has 1 atom stereocenters. The van der Waals surface area contributed by atoms with Gasteiger partial charge in [0.2, 0.25) is 5.91 Å². The molecule has 7 nitrogen and oxygen atoms in total. The number of methoxy groups -OCH3 is 1. The van der Waals surface area contributed by atoms with Crippen LogP contribution in [0.2, 0.25) is 0 Å². The molecule has 1 N–H and O–H groups in total. The average Bonchev–Trinajstić information content (AvgIpc) is 3.01. The van der Waals surface area contributed by atoms with Crippen LogP contribution in [0.3, 0.4) is 0 Å². The van der Waals surface area contributed by atoms with Crippen molar-refractivity contribution in [2.75, 3.05) is 20.2 Å². The molecule has 0 radical (unpaired) electrons. The number of aryl methyl sites for hydroxylation is 1. The number of piperidine rings is 1. The summed E-state index contributed by atoms with van der Waals surface area (Å²) in [7, 11) is -2.33. The number of sulfonamides is 1. The van der Waals surface area contributed by atoms with Gasteiger partial charge in [0.25, 0.3) is 10.0 Å². The van der Waals surface area contributed by atoms with Gasteiger partial charge < -0.3 is 10.1 Å². The predicted octanol–water partition coefficient (Wildman–Crippen LogP) is 1.53. The van der Waals surface area contributed by atoms with Gasteiger partial charge >= 0.3 is 5.97 Å². The van der Waals surface area contributed by atoms with E-state index in [-0.39, 0.29) is 12.5 Å². The number of hydrogen-bond donors (Lipinski definition) is 1. The molecule has 0 spiro atoms. The summed E-state index contributed by atoms with van der Waals surface area (Å²) in [6, 6.07) is 3.37. The summed E-state index contributed by atoms with van der Waals surface area (Å²) >= 11 is 1.22. The maximum Gasteiger partial charge on any atom is 0.330 e. The molecule has 1 aliphatic heterocycles. The van der Waals surface area contributed by atoms with E-state index in [9.17, 15) is 18.0 Å². The monoisotopic (exact) mass is 388 g/mol. The minimum atomic E-state index is -3.59. The normalized spacial score (nSPS) is 19.4. The number of carbonyl (C=O) groups excluding carboxylic acids is 2. The molecule has 1 fully saturated rings. The minimum absolute atomic E-state index is 0.113. The van der Waals surface area contributed by atoms with Crippen molar-refractivity contribution in [1.29, 1.82) is 0 Å². The van der Waals surface area contributed by atoms with E-state index in [1.54, 1.807) is 26.0 Å². The van der Waals surface area contributed by atoms with Gasteiger partial charge in [0.1, 0.15) is 9.75 Å². The Balaban J connectivity index is 2.10. The molecule has 2 heterocycles. The highest BCUT2D eigenvalue weighted by Gasteiger charge is 2.37. The Bertz CT molecular complexity index is 754. The van der Waals surface area contributed by atoms with Crippen LogP contribution in [0.4, 0.5) is 0 Å². The third kappa shape index (κ3) is 4.39. The fourth-order valence-corrected chi connectivity index (χ4v) is 5.73. The quantitative estimate of drug-likeness (QED) is 0.772. The van der Waals surface area contributed by atoms with Crippen LogP contribution >= 0.6 is 11.3 Å². The zero-order valence-electron chi connectivity index (χ0n) is 14.9. The van der Waals surface area contributed by atoms with Gasteiger partial charge in [-0.05, 0) is 45.7 Å². The Morgan fingerprint density at radius 1 is 1.36 bits per heavy atom. The Morgan fingerprint density at radius 3 is 2.60 bits per heavy atom. The second-order valence-electron chi connectivity index (χ2n) is 6.67. The van der Waals surface area contributed by atoms with Crippen molar-refractivity contribution < 1.29 is 22.7 Å². The number of hydrogen-bond acceptors (Lipinski definition) is 6. The first-order chi connectivity index (χ1) is 11.6. The highest BCUT2D eigenvalue weighted by Crippen LogP contribution is 2.28. The largest absolute Gasteiger partial charge is 0.467 e. The van der Waals surface area contributed by atoms with E-state index in [2.05, 4.69) is 10.1 Å². The van der Waals surface area contributed by atoms with Gasteiger partial charge in [-0.2, -0.15) is 4.31 Å². The number of carbonyl (C=O) groups is 2. The van der Waals surface area contributed by atoms with Crippen LogP contribution in [-0.2, 0) is 24.3 Å². The first kappa shape index (κ1) is 19.9. The first-order valence-electron chi connectivity index (χ1n) is 8.05. The average molecular weight is 389 g/mol. The molecule has 0 aliphatic carbocycles. The minimum Gasteiger partial charge on any atom is -0.467 e. The molecule has 9 heteroatoms. The number of thiophene rings is 1. The molecule has 0 bridgehead atoms.